The Morgan fingerprint density at radius 3 is 1.33 bits per heavy atom. The number of quaternary nitrogens is 1. The van der Waals surface area contributed by atoms with E-state index in [9.17, 15) is 18.1 Å². The van der Waals surface area contributed by atoms with Crippen molar-refractivity contribution in [3.63, 3.8) is 0 Å². The van der Waals surface area contributed by atoms with Crippen molar-refractivity contribution in [2.75, 3.05) is 26.2 Å². The predicted octanol–water partition coefficient (Wildman–Crippen LogP) is 10.1. The van der Waals surface area contributed by atoms with E-state index in [1.165, 1.54) is 159 Å². The normalized spacial score (nSPS) is 11.7. The van der Waals surface area contributed by atoms with Crippen LogP contribution in [-0.4, -0.2) is 53.9 Å². The van der Waals surface area contributed by atoms with E-state index in [1.807, 2.05) is 0 Å². The van der Waals surface area contributed by atoms with Gasteiger partial charge in [-0.05, 0) is 37.8 Å². The summed E-state index contributed by atoms with van der Waals surface area (Å²) in [6.07, 6.45) is 27.8. The summed E-state index contributed by atoms with van der Waals surface area (Å²) in [6, 6.07) is 16.0. The summed E-state index contributed by atoms with van der Waals surface area (Å²) in [7, 11) is -4.53. The van der Waals surface area contributed by atoms with E-state index >= 15 is 0 Å². The van der Waals surface area contributed by atoms with Gasteiger partial charge >= 0.3 is 0 Å². The van der Waals surface area contributed by atoms with Crippen LogP contribution in [0.25, 0.3) is 0 Å². The molecule has 0 atom stereocenters. The highest BCUT2D eigenvalue weighted by molar-refractivity contribution is 7.85. The molecule has 0 spiro atoms. The summed E-state index contributed by atoms with van der Waals surface area (Å²) in [4.78, 5) is -0.583. The quantitative estimate of drug-likeness (QED) is 0.0564. The van der Waals surface area contributed by atoms with Crippen molar-refractivity contribution in [3.05, 3.63) is 60.2 Å². The van der Waals surface area contributed by atoms with Gasteiger partial charge in [0, 0.05) is 5.56 Å². The van der Waals surface area contributed by atoms with Crippen molar-refractivity contribution in [1.29, 1.82) is 0 Å². The lowest BCUT2D eigenvalue weighted by Crippen LogP contribution is -2.50. The van der Waals surface area contributed by atoms with Gasteiger partial charge in [-0.3, -0.25) is 0 Å². The highest BCUT2D eigenvalue weighted by atomic mass is 32.2. The van der Waals surface area contributed by atoms with Crippen LogP contribution in [-0.2, 0) is 16.7 Å². The van der Waals surface area contributed by atoms with Gasteiger partial charge in [0.1, 0.15) is 29.0 Å². The smallest absolute Gasteiger partial charge is 0.133 e. The molecule has 0 aliphatic heterocycles. The fourth-order valence-electron chi connectivity index (χ4n) is 6.29. The molecule has 2 rings (SSSR count). The maximum atomic E-state index is 10.3. The molecule has 2 aromatic carbocycles. The van der Waals surface area contributed by atoms with E-state index in [4.69, 9.17) is 5.11 Å². The van der Waals surface area contributed by atoms with Crippen molar-refractivity contribution in [3.8, 4) is 5.75 Å². The summed E-state index contributed by atoms with van der Waals surface area (Å²) in [5.74, 6) is -0.512. The minimum Gasteiger partial charge on any atom is -0.744 e. The molecule has 0 fully saturated rings. The maximum absolute atomic E-state index is 10.3. The lowest BCUT2D eigenvalue weighted by Gasteiger charge is -2.39. The van der Waals surface area contributed by atoms with Crippen molar-refractivity contribution in [2.24, 2.45) is 0 Å². The average molecular weight is 662 g/mol. The summed E-state index contributed by atoms with van der Waals surface area (Å²) in [5, 5.41) is 18.9. The second-order valence-corrected chi connectivity index (χ2v) is 14.5. The standard InChI is InChI=1S/C33H62NO.C6H6O4S/c1-3-5-7-9-11-13-15-17-19-24-28-34(30-31-35,32-33-26-22-21-23-27-33)29-25-20-18-16-14-12-10-8-6-4-2;7-5-3-1-2-4-6(5)11(8,9)10/h21-23,26-27,35H,3-20,24-25,28-32H2,1-2H3;1-4,7H,(H,8,9,10)/q+1;/p-1. The number of unbranched alkanes of at least 4 members (excludes halogenated alkanes) is 18. The minimum absolute atomic E-state index is 0.308. The van der Waals surface area contributed by atoms with Crippen molar-refractivity contribution >= 4 is 10.1 Å². The number of benzene rings is 2. The van der Waals surface area contributed by atoms with Gasteiger partial charge in [-0.2, -0.15) is 0 Å². The third-order valence-corrected chi connectivity index (χ3v) is 9.93. The van der Waals surface area contributed by atoms with Crippen LogP contribution in [0.4, 0.5) is 0 Å². The van der Waals surface area contributed by atoms with E-state index in [-0.39, 0.29) is 0 Å². The number of hydrogen-bond acceptors (Lipinski definition) is 5. The van der Waals surface area contributed by atoms with Crippen LogP contribution < -0.4 is 0 Å². The van der Waals surface area contributed by atoms with E-state index in [0.29, 0.717) is 6.61 Å². The molecule has 0 saturated carbocycles. The zero-order chi connectivity index (χ0) is 33.8. The third kappa shape index (κ3) is 21.0. The maximum Gasteiger partial charge on any atom is 0.133 e. The third-order valence-electron chi connectivity index (χ3n) is 9.04. The lowest BCUT2D eigenvalue weighted by atomic mass is 10.0. The van der Waals surface area contributed by atoms with E-state index in [0.717, 1.165) is 29.7 Å². The van der Waals surface area contributed by atoms with Crippen LogP contribution in [0.5, 0.6) is 5.75 Å². The Kier molecular flexibility index (Phi) is 24.8. The summed E-state index contributed by atoms with van der Waals surface area (Å²) < 4.78 is 32.1. The number of phenols is 1. The first-order valence-electron chi connectivity index (χ1n) is 18.5. The number of nitrogens with zero attached hydrogens (tertiary/aromatic N) is 1. The van der Waals surface area contributed by atoms with Crippen LogP contribution in [0.15, 0.2) is 59.5 Å². The molecule has 0 amide bonds. The second-order valence-electron chi connectivity index (χ2n) is 13.2. The Morgan fingerprint density at radius 2 is 0.957 bits per heavy atom. The molecule has 0 saturated heterocycles. The van der Waals surface area contributed by atoms with Gasteiger partial charge in [-0.15, -0.1) is 0 Å². The largest absolute Gasteiger partial charge is 0.744 e. The average Bonchev–Trinajstić information content (AvgIpc) is 3.03. The molecular formula is C39H67NO5S. The Morgan fingerprint density at radius 1 is 0.565 bits per heavy atom. The van der Waals surface area contributed by atoms with Gasteiger partial charge in [0.25, 0.3) is 0 Å². The number of phenolic OH excluding ortho intramolecular Hbond substituents is 1. The van der Waals surface area contributed by atoms with Gasteiger partial charge in [0.15, 0.2) is 0 Å². The van der Waals surface area contributed by atoms with Crippen molar-refractivity contribution < 1.29 is 27.7 Å². The zero-order valence-electron chi connectivity index (χ0n) is 29.3. The van der Waals surface area contributed by atoms with Crippen LogP contribution in [0.3, 0.4) is 0 Å². The Bertz CT molecular complexity index is 1050. The molecule has 0 unspecified atom stereocenters. The molecular weight excluding hydrogens is 594 g/mol. The molecule has 7 heteroatoms. The first kappa shape index (κ1) is 42.1. The Labute approximate surface area is 283 Å². The van der Waals surface area contributed by atoms with E-state index < -0.39 is 20.8 Å². The van der Waals surface area contributed by atoms with Gasteiger partial charge in [0.2, 0.25) is 0 Å². The number of para-hydroxylation sites is 1. The number of rotatable bonds is 27. The fourth-order valence-corrected chi connectivity index (χ4v) is 6.86. The Balaban J connectivity index is 0.000000804. The number of aliphatic hydroxyl groups excluding tert-OH is 1. The highest BCUT2D eigenvalue weighted by Crippen LogP contribution is 2.22. The van der Waals surface area contributed by atoms with Gasteiger partial charge in [-0.1, -0.05) is 159 Å². The summed E-state index contributed by atoms with van der Waals surface area (Å²) in [6.45, 7) is 9.34. The van der Waals surface area contributed by atoms with Crippen LogP contribution in [0, 0.1) is 0 Å². The number of aromatic hydroxyl groups is 1. The first-order chi connectivity index (χ1) is 22.3. The zero-order valence-corrected chi connectivity index (χ0v) is 30.2. The Hall–Kier alpha value is -1.93. The fraction of sp³-hybridized carbons (Fsp3) is 0.692. The SMILES string of the molecule is CCCCCCCCCCCC[N+](CCO)(CCCCCCCCCCCC)Cc1ccccc1.O=S(=O)([O-])c1ccccc1O. The van der Waals surface area contributed by atoms with Crippen molar-refractivity contribution in [2.45, 2.75) is 154 Å². The molecule has 0 aromatic heterocycles. The summed E-state index contributed by atoms with van der Waals surface area (Å²) in [5.41, 5.74) is 1.43. The molecule has 0 heterocycles. The first-order valence-corrected chi connectivity index (χ1v) is 19.9. The van der Waals surface area contributed by atoms with E-state index in [1.54, 1.807) is 0 Å². The monoisotopic (exact) mass is 661 g/mol. The van der Waals surface area contributed by atoms with Gasteiger partial charge < -0.3 is 19.2 Å². The topological polar surface area (TPSA) is 97.7 Å². The molecule has 0 aliphatic rings. The molecule has 46 heavy (non-hydrogen) atoms. The summed E-state index contributed by atoms with van der Waals surface area (Å²) >= 11 is 0. The van der Waals surface area contributed by atoms with Crippen molar-refractivity contribution in [1.82, 2.24) is 0 Å². The molecule has 264 valence electrons. The molecule has 0 radical (unpaired) electrons. The molecule has 6 nitrogen and oxygen atoms in total. The lowest BCUT2D eigenvalue weighted by molar-refractivity contribution is -0.941. The molecule has 0 bridgehead atoms. The van der Waals surface area contributed by atoms with Gasteiger partial charge in [-0.25, -0.2) is 8.42 Å². The number of aliphatic hydroxyl groups is 1. The van der Waals surface area contributed by atoms with Crippen LogP contribution in [0.2, 0.25) is 0 Å². The van der Waals surface area contributed by atoms with E-state index in [2.05, 4.69) is 44.2 Å². The van der Waals surface area contributed by atoms with Gasteiger partial charge in [0.05, 0.1) is 24.6 Å². The molecule has 2 aromatic rings. The molecule has 0 aliphatic carbocycles. The molecule has 2 N–H and O–H groups in total. The number of hydrogen-bond donors (Lipinski definition) is 2. The van der Waals surface area contributed by atoms with Crippen LogP contribution >= 0.6 is 0 Å². The highest BCUT2D eigenvalue weighted by Gasteiger charge is 2.26. The minimum atomic E-state index is -4.53. The second kappa shape index (κ2) is 27.1. The van der Waals surface area contributed by atoms with Crippen LogP contribution in [0.1, 0.15) is 148 Å². The predicted molar refractivity (Wildman–Crippen MR) is 192 cm³/mol.